The minimum atomic E-state index is -4.42. The first-order chi connectivity index (χ1) is 22.6. The molecule has 1 aromatic heterocycles. The third-order valence-corrected chi connectivity index (χ3v) is 9.95. The second kappa shape index (κ2) is 15.5. The number of carbonyl (C=O) groups is 1. The zero-order valence-electron chi connectivity index (χ0n) is 28.1. The Morgan fingerprint density at radius 3 is 2.06 bits per heavy atom. The summed E-state index contributed by atoms with van der Waals surface area (Å²) in [6, 6.07) is 31.9. The molecule has 12 heteroatoms. The summed E-state index contributed by atoms with van der Waals surface area (Å²) in [4.78, 5) is 12.7. The Labute approximate surface area is 310 Å². The van der Waals surface area contributed by atoms with Crippen molar-refractivity contribution < 1.29 is 60.3 Å². The first kappa shape index (κ1) is 38.2. The molecule has 0 aliphatic heterocycles. The Bertz CT molecular complexity index is 2120. The average Bonchev–Trinajstić information content (AvgIpc) is 3.53. The number of carbonyl (C=O) groups excluding carboxylic acids is 1. The topological polar surface area (TPSA) is 146 Å². The van der Waals surface area contributed by atoms with Crippen molar-refractivity contribution >= 4 is 25.9 Å². The fourth-order valence-corrected chi connectivity index (χ4v) is 6.35. The molecule has 5 rings (SSSR count). The van der Waals surface area contributed by atoms with E-state index in [0.717, 1.165) is 33.5 Å². The van der Waals surface area contributed by atoms with E-state index < -0.39 is 31.6 Å². The maximum Gasteiger partial charge on any atom is 1.00 e. The van der Waals surface area contributed by atoms with Crippen molar-refractivity contribution in [3.05, 3.63) is 131 Å². The van der Waals surface area contributed by atoms with E-state index in [0.29, 0.717) is 17.7 Å². The van der Waals surface area contributed by atoms with Crippen LogP contribution >= 0.6 is 0 Å². The van der Waals surface area contributed by atoms with Gasteiger partial charge in [-0.1, -0.05) is 92.7 Å². The fourth-order valence-electron chi connectivity index (χ4n) is 5.36. The molecular formula is C37H37N2NaO7S2. The molecule has 49 heavy (non-hydrogen) atoms. The molecular weight excluding hydrogens is 672 g/mol. The zero-order chi connectivity index (χ0) is 34.7. The van der Waals surface area contributed by atoms with Gasteiger partial charge in [0.2, 0.25) is 0 Å². The molecule has 0 aliphatic rings. The van der Waals surface area contributed by atoms with Gasteiger partial charge in [-0.05, 0) is 70.0 Å². The summed E-state index contributed by atoms with van der Waals surface area (Å²) in [5.41, 5.74) is 6.85. The van der Waals surface area contributed by atoms with Crippen LogP contribution in [0.4, 0.5) is 0 Å². The number of hydrogen-bond acceptors (Lipinski definition) is 8. The van der Waals surface area contributed by atoms with E-state index in [1.165, 1.54) is 11.8 Å². The van der Waals surface area contributed by atoms with Gasteiger partial charge in [-0.2, -0.15) is 0 Å². The van der Waals surface area contributed by atoms with Crippen LogP contribution in [-0.4, -0.2) is 51.0 Å². The molecule has 5 aromatic rings. The fraction of sp³-hybridized carbons (Fsp3) is 0.243. The Morgan fingerprint density at radius 1 is 0.837 bits per heavy atom. The second-order valence-electron chi connectivity index (χ2n) is 12.8. The van der Waals surface area contributed by atoms with Crippen molar-refractivity contribution in [3.8, 4) is 22.5 Å². The van der Waals surface area contributed by atoms with Gasteiger partial charge >= 0.3 is 29.6 Å². The van der Waals surface area contributed by atoms with E-state index in [4.69, 9.17) is 4.52 Å². The number of benzene rings is 4. The number of amides is 1. The van der Waals surface area contributed by atoms with Crippen LogP contribution in [-0.2, 0) is 31.8 Å². The van der Waals surface area contributed by atoms with Crippen LogP contribution in [0.3, 0.4) is 0 Å². The zero-order valence-corrected chi connectivity index (χ0v) is 31.8. The smallest absolute Gasteiger partial charge is 0.748 e. The van der Waals surface area contributed by atoms with Crippen LogP contribution in [0.5, 0.6) is 0 Å². The van der Waals surface area contributed by atoms with E-state index in [9.17, 15) is 26.2 Å². The normalized spacial score (nSPS) is 12.6. The first-order valence-electron chi connectivity index (χ1n) is 15.4. The molecule has 250 valence electrons. The van der Waals surface area contributed by atoms with Gasteiger partial charge in [0.05, 0.1) is 26.5 Å². The monoisotopic (exact) mass is 708 g/mol. The summed E-state index contributed by atoms with van der Waals surface area (Å²) >= 11 is 0. The number of nitrogens with zero attached hydrogens (tertiary/aromatic N) is 1. The van der Waals surface area contributed by atoms with Crippen molar-refractivity contribution in [2.24, 2.45) is 0 Å². The summed E-state index contributed by atoms with van der Waals surface area (Å²) in [7, 11) is -7.72. The Kier molecular flexibility index (Phi) is 12.1. The standard InChI is InChI=1S/C37H38N2O7S2.Na/c1-37(2,3)31-16-12-27(13-17-31)33(22-25-8-10-28(11-9-25)36(40)38-20-21-48(43,44)45)34-24-35(46-39-34)30-7-5-6-29(23-30)26-14-18-32(19-15-26)47(4,41)42;/h5-19,23-24,33H,20-22H2,1-4H3,(H,38,40)(H,43,44,45);/q;+1/p-1. The molecule has 9 nitrogen and oxygen atoms in total. The predicted octanol–water partition coefficient (Wildman–Crippen LogP) is 3.36. The molecule has 0 saturated carbocycles. The maximum atomic E-state index is 12.5. The molecule has 4 aromatic carbocycles. The molecule has 0 bridgehead atoms. The summed E-state index contributed by atoms with van der Waals surface area (Å²) in [5, 5.41) is 6.96. The Balaban J connectivity index is 0.00000541. The van der Waals surface area contributed by atoms with Crippen LogP contribution in [0.25, 0.3) is 22.5 Å². The summed E-state index contributed by atoms with van der Waals surface area (Å²) in [5.74, 6) is -0.725. The molecule has 0 radical (unpaired) electrons. The van der Waals surface area contributed by atoms with E-state index >= 15 is 0 Å². The largest absolute Gasteiger partial charge is 1.00 e. The van der Waals surface area contributed by atoms with Gasteiger partial charge < -0.3 is 14.4 Å². The quantitative estimate of drug-likeness (QED) is 0.162. The van der Waals surface area contributed by atoms with Gasteiger partial charge in [-0.3, -0.25) is 4.79 Å². The van der Waals surface area contributed by atoms with Crippen LogP contribution in [0, 0.1) is 0 Å². The van der Waals surface area contributed by atoms with Gasteiger partial charge in [0, 0.05) is 35.9 Å². The van der Waals surface area contributed by atoms with E-state index in [2.05, 4.69) is 55.5 Å². The summed E-state index contributed by atoms with van der Waals surface area (Å²) in [6.07, 6.45) is 1.74. The molecule has 0 saturated heterocycles. The van der Waals surface area contributed by atoms with Crippen molar-refractivity contribution in [1.82, 2.24) is 10.5 Å². The Hall–Kier alpha value is -3.58. The van der Waals surface area contributed by atoms with Crippen molar-refractivity contribution in [2.45, 2.75) is 43.4 Å². The van der Waals surface area contributed by atoms with Crippen LogP contribution in [0.15, 0.2) is 113 Å². The van der Waals surface area contributed by atoms with Crippen LogP contribution in [0.2, 0.25) is 0 Å². The third kappa shape index (κ3) is 10.2. The van der Waals surface area contributed by atoms with Gasteiger partial charge in [-0.15, -0.1) is 0 Å². The number of nitrogens with one attached hydrogen (secondary N) is 1. The van der Waals surface area contributed by atoms with E-state index in [1.54, 1.807) is 36.4 Å². The van der Waals surface area contributed by atoms with E-state index in [1.807, 2.05) is 42.5 Å². The number of hydrogen-bond donors (Lipinski definition) is 1. The molecule has 1 atom stereocenters. The molecule has 0 spiro atoms. The predicted molar refractivity (Wildman–Crippen MR) is 185 cm³/mol. The minimum Gasteiger partial charge on any atom is -0.748 e. The molecule has 0 aliphatic carbocycles. The van der Waals surface area contributed by atoms with Crippen LogP contribution in [0.1, 0.15) is 59.4 Å². The van der Waals surface area contributed by atoms with Gasteiger partial charge in [0.1, 0.15) is 0 Å². The summed E-state index contributed by atoms with van der Waals surface area (Å²) < 4.78 is 62.3. The van der Waals surface area contributed by atoms with Crippen molar-refractivity contribution in [3.63, 3.8) is 0 Å². The van der Waals surface area contributed by atoms with Gasteiger partial charge in [0.15, 0.2) is 15.6 Å². The molecule has 1 N–H and O–H groups in total. The van der Waals surface area contributed by atoms with Gasteiger partial charge in [0.25, 0.3) is 5.91 Å². The molecule has 1 unspecified atom stereocenters. The second-order valence-corrected chi connectivity index (χ2v) is 16.4. The van der Waals surface area contributed by atoms with Gasteiger partial charge in [-0.25, -0.2) is 16.8 Å². The Morgan fingerprint density at radius 2 is 1.47 bits per heavy atom. The number of aromatic nitrogens is 1. The van der Waals surface area contributed by atoms with Crippen molar-refractivity contribution in [1.29, 1.82) is 0 Å². The minimum absolute atomic E-state index is 0. The first-order valence-corrected chi connectivity index (χ1v) is 18.8. The van der Waals surface area contributed by atoms with Crippen LogP contribution < -0.4 is 34.9 Å². The molecule has 1 amide bonds. The number of sulfone groups is 1. The average molecular weight is 709 g/mol. The number of rotatable bonds is 11. The SMILES string of the molecule is CC(C)(C)c1ccc(C(Cc2ccc(C(=O)NCCS(=O)(=O)[O-])cc2)c2cc(-c3cccc(-c4ccc(S(C)(=O)=O)cc4)c3)on2)cc1.[Na+]. The molecule has 0 fully saturated rings. The van der Waals surface area contributed by atoms with E-state index in [-0.39, 0.29) is 52.3 Å². The van der Waals surface area contributed by atoms with Crippen molar-refractivity contribution in [2.75, 3.05) is 18.6 Å². The maximum absolute atomic E-state index is 12.5. The third-order valence-electron chi connectivity index (χ3n) is 8.12. The summed E-state index contributed by atoms with van der Waals surface area (Å²) in [6.45, 7) is 6.23. The molecule has 1 heterocycles.